The highest BCUT2D eigenvalue weighted by molar-refractivity contribution is 6.30. The van der Waals surface area contributed by atoms with E-state index in [1.54, 1.807) is 0 Å². The van der Waals surface area contributed by atoms with Crippen LogP contribution in [0.5, 0.6) is 5.75 Å². The molecule has 0 saturated heterocycles. The topological polar surface area (TPSA) is 55.5 Å². The number of aliphatic hydroxyl groups excluding tert-OH is 1. The predicted molar refractivity (Wildman–Crippen MR) is 80.3 cm³/mol. The molecule has 2 aliphatic rings. The fraction of sp³-hybridized carbons (Fsp3) is 0.625. The molecule has 1 aromatic rings. The highest BCUT2D eigenvalue weighted by atomic mass is 35.5. The molecule has 1 aliphatic heterocycles. The molecule has 2 atom stereocenters. The van der Waals surface area contributed by atoms with Crippen molar-refractivity contribution in [2.75, 3.05) is 13.2 Å². The second kappa shape index (κ2) is 5.55. The molecule has 4 heteroatoms. The standard InChI is InChI=1S/C16H22ClNO2/c17-13-7-11-4-6-20-15(11)12(8-13)9-16(10-18)5-2-1-3-14(16)19/h7-8,14,19H,1-6,9-10,18H2. The Labute approximate surface area is 125 Å². The van der Waals surface area contributed by atoms with Crippen LogP contribution in [0.15, 0.2) is 12.1 Å². The van der Waals surface area contributed by atoms with E-state index in [1.165, 1.54) is 5.56 Å². The molecule has 3 rings (SSSR count). The molecular formula is C16H22ClNO2. The first-order chi connectivity index (χ1) is 9.64. The average Bonchev–Trinajstić information content (AvgIpc) is 2.89. The molecule has 2 unspecified atom stereocenters. The number of ether oxygens (including phenoxy) is 1. The van der Waals surface area contributed by atoms with E-state index in [9.17, 15) is 5.11 Å². The molecule has 1 aliphatic carbocycles. The molecule has 3 nitrogen and oxygen atoms in total. The molecule has 0 bridgehead atoms. The lowest BCUT2D eigenvalue weighted by Gasteiger charge is -2.41. The van der Waals surface area contributed by atoms with Gasteiger partial charge in [-0.2, -0.15) is 0 Å². The van der Waals surface area contributed by atoms with Gasteiger partial charge in [-0.15, -0.1) is 0 Å². The third-order valence-electron chi connectivity index (χ3n) is 4.88. The Morgan fingerprint density at radius 3 is 3.00 bits per heavy atom. The van der Waals surface area contributed by atoms with E-state index in [2.05, 4.69) is 0 Å². The summed E-state index contributed by atoms with van der Waals surface area (Å²) in [4.78, 5) is 0. The van der Waals surface area contributed by atoms with Crippen molar-refractivity contribution in [2.24, 2.45) is 11.1 Å². The van der Waals surface area contributed by atoms with Crippen molar-refractivity contribution < 1.29 is 9.84 Å². The average molecular weight is 296 g/mol. The zero-order chi connectivity index (χ0) is 14.2. The molecule has 0 aromatic heterocycles. The Balaban J connectivity index is 1.93. The molecule has 0 amide bonds. The SMILES string of the molecule is NCC1(Cc2cc(Cl)cc3c2OCC3)CCCCC1O. The normalized spacial score (nSPS) is 29.1. The van der Waals surface area contributed by atoms with Crippen molar-refractivity contribution in [3.63, 3.8) is 0 Å². The predicted octanol–water partition coefficient (Wildman–Crippen LogP) is 2.70. The lowest BCUT2D eigenvalue weighted by molar-refractivity contribution is -0.00613. The lowest BCUT2D eigenvalue weighted by atomic mass is 9.68. The zero-order valence-electron chi connectivity index (χ0n) is 11.7. The lowest BCUT2D eigenvalue weighted by Crippen LogP contribution is -2.45. The molecule has 1 aromatic carbocycles. The summed E-state index contributed by atoms with van der Waals surface area (Å²) >= 11 is 6.22. The highest BCUT2D eigenvalue weighted by Gasteiger charge is 2.39. The highest BCUT2D eigenvalue weighted by Crippen LogP contribution is 2.42. The number of hydrogen-bond acceptors (Lipinski definition) is 3. The van der Waals surface area contributed by atoms with Crippen LogP contribution in [-0.4, -0.2) is 24.4 Å². The van der Waals surface area contributed by atoms with E-state index in [-0.39, 0.29) is 11.5 Å². The van der Waals surface area contributed by atoms with Gasteiger partial charge in [-0.3, -0.25) is 0 Å². The van der Waals surface area contributed by atoms with Gasteiger partial charge >= 0.3 is 0 Å². The Bertz CT molecular complexity index is 505. The first kappa shape index (κ1) is 14.2. The van der Waals surface area contributed by atoms with Gasteiger partial charge in [0.05, 0.1) is 12.7 Å². The minimum Gasteiger partial charge on any atom is -0.493 e. The third kappa shape index (κ3) is 2.43. The largest absolute Gasteiger partial charge is 0.493 e. The van der Waals surface area contributed by atoms with Crippen LogP contribution >= 0.6 is 11.6 Å². The fourth-order valence-electron chi connectivity index (χ4n) is 3.66. The van der Waals surface area contributed by atoms with Crippen LogP contribution < -0.4 is 10.5 Å². The van der Waals surface area contributed by atoms with Crippen molar-refractivity contribution in [3.8, 4) is 5.75 Å². The van der Waals surface area contributed by atoms with Crippen LogP contribution in [0.3, 0.4) is 0 Å². The summed E-state index contributed by atoms with van der Waals surface area (Å²) in [5.74, 6) is 0.972. The zero-order valence-corrected chi connectivity index (χ0v) is 12.5. The molecule has 3 N–H and O–H groups in total. The number of rotatable bonds is 3. The van der Waals surface area contributed by atoms with E-state index in [0.717, 1.165) is 61.5 Å². The van der Waals surface area contributed by atoms with Gasteiger partial charge in [0.15, 0.2) is 0 Å². The molecule has 1 heterocycles. The van der Waals surface area contributed by atoms with Crippen molar-refractivity contribution in [3.05, 3.63) is 28.3 Å². The van der Waals surface area contributed by atoms with Gasteiger partial charge in [-0.05, 0) is 42.5 Å². The van der Waals surface area contributed by atoms with E-state index < -0.39 is 0 Å². The number of benzene rings is 1. The smallest absolute Gasteiger partial charge is 0.125 e. The number of fused-ring (bicyclic) bond motifs is 1. The van der Waals surface area contributed by atoms with E-state index in [0.29, 0.717) is 6.54 Å². The second-order valence-electron chi connectivity index (χ2n) is 6.16. The van der Waals surface area contributed by atoms with Crippen LogP contribution in [0, 0.1) is 5.41 Å². The van der Waals surface area contributed by atoms with Crippen LogP contribution in [0.2, 0.25) is 5.02 Å². The fourth-order valence-corrected chi connectivity index (χ4v) is 3.92. The summed E-state index contributed by atoms with van der Waals surface area (Å²) in [5.41, 5.74) is 8.10. The van der Waals surface area contributed by atoms with Gasteiger partial charge < -0.3 is 15.6 Å². The molecule has 20 heavy (non-hydrogen) atoms. The Hall–Kier alpha value is -0.770. The molecule has 1 saturated carbocycles. The van der Waals surface area contributed by atoms with Crippen molar-refractivity contribution >= 4 is 11.6 Å². The monoisotopic (exact) mass is 295 g/mol. The molecule has 1 fully saturated rings. The van der Waals surface area contributed by atoms with Crippen molar-refractivity contribution in [2.45, 2.75) is 44.6 Å². The number of halogens is 1. The summed E-state index contributed by atoms with van der Waals surface area (Å²) in [5, 5.41) is 11.2. The minimum atomic E-state index is -0.322. The third-order valence-corrected chi connectivity index (χ3v) is 5.10. The minimum absolute atomic E-state index is 0.220. The van der Waals surface area contributed by atoms with Crippen molar-refractivity contribution in [1.29, 1.82) is 0 Å². The Morgan fingerprint density at radius 1 is 1.40 bits per heavy atom. The first-order valence-corrected chi connectivity index (χ1v) is 7.85. The van der Waals surface area contributed by atoms with Gasteiger partial charge in [0.1, 0.15) is 5.75 Å². The molecule has 0 radical (unpaired) electrons. The maximum atomic E-state index is 10.4. The van der Waals surface area contributed by atoms with Crippen LogP contribution in [0.4, 0.5) is 0 Å². The van der Waals surface area contributed by atoms with Crippen LogP contribution in [0.1, 0.15) is 36.8 Å². The second-order valence-corrected chi connectivity index (χ2v) is 6.59. The van der Waals surface area contributed by atoms with Gasteiger partial charge in [-0.1, -0.05) is 24.4 Å². The van der Waals surface area contributed by atoms with Gasteiger partial charge in [0.25, 0.3) is 0 Å². The summed E-state index contributed by atoms with van der Waals surface area (Å²) < 4.78 is 5.77. The van der Waals surface area contributed by atoms with E-state index in [4.69, 9.17) is 22.1 Å². The van der Waals surface area contributed by atoms with Crippen LogP contribution in [-0.2, 0) is 12.8 Å². The van der Waals surface area contributed by atoms with Gasteiger partial charge in [-0.25, -0.2) is 0 Å². The van der Waals surface area contributed by atoms with Crippen LogP contribution in [0.25, 0.3) is 0 Å². The maximum absolute atomic E-state index is 10.4. The molecule has 110 valence electrons. The summed E-state index contributed by atoms with van der Waals surface area (Å²) in [6.45, 7) is 1.23. The van der Waals surface area contributed by atoms with E-state index >= 15 is 0 Å². The number of hydrogen-bond donors (Lipinski definition) is 2. The summed E-state index contributed by atoms with van der Waals surface area (Å²) in [6.07, 6.45) is 5.41. The Morgan fingerprint density at radius 2 is 2.25 bits per heavy atom. The van der Waals surface area contributed by atoms with Crippen molar-refractivity contribution in [1.82, 2.24) is 0 Å². The Kier molecular flexibility index (Phi) is 3.93. The summed E-state index contributed by atoms with van der Waals surface area (Å²) in [6, 6.07) is 3.96. The quantitative estimate of drug-likeness (QED) is 0.901. The number of nitrogens with two attached hydrogens (primary N) is 1. The number of aliphatic hydroxyl groups is 1. The molecular weight excluding hydrogens is 274 g/mol. The van der Waals surface area contributed by atoms with E-state index in [1.807, 2.05) is 12.1 Å². The van der Waals surface area contributed by atoms with Gasteiger partial charge in [0, 0.05) is 23.4 Å². The first-order valence-electron chi connectivity index (χ1n) is 7.47. The summed E-state index contributed by atoms with van der Waals surface area (Å²) in [7, 11) is 0. The maximum Gasteiger partial charge on any atom is 0.125 e. The van der Waals surface area contributed by atoms with Gasteiger partial charge in [0.2, 0.25) is 0 Å². The molecule has 0 spiro atoms.